The molecule has 16 heavy (non-hydrogen) atoms. The van der Waals surface area contributed by atoms with Gasteiger partial charge in [-0.1, -0.05) is 38.7 Å². The highest BCUT2D eigenvalue weighted by Crippen LogP contribution is 2.23. The van der Waals surface area contributed by atoms with Crippen LogP contribution in [0.3, 0.4) is 0 Å². The molecule has 0 aliphatic heterocycles. The topological polar surface area (TPSA) is 27.0 Å². The number of hydrogen-bond donors (Lipinski definition) is 0. The van der Waals surface area contributed by atoms with Gasteiger partial charge < -0.3 is 0 Å². The number of rotatable bonds is 8. The third kappa shape index (κ3) is 7.82. The molecule has 2 nitrogen and oxygen atoms in total. The molecule has 0 aromatic carbocycles. The molecular formula is C11H25IN2Si2. The van der Waals surface area contributed by atoms with E-state index in [1.54, 1.807) is 0 Å². The largest absolute Gasteiger partial charge is 0.269 e. The predicted octanol–water partition coefficient (Wildman–Crippen LogP) is 4.02. The monoisotopic (exact) mass is 368 g/mol. The van der Waals surface area contributed by atoms with E-state index < -0.39 is 8.24 Å². The maximum Gasteiger partial charge on any atom is 0.133 e. The minimum atomic E-state index is -1.19. The van der Waals surface area contributed by atoms with E-state index >= 15 is 0 Å². The Kier molecular flexibility index (Phi) is 9.00. The highest BCUT2D eigenvalue weighted by molar-refractivity contribution is 14.1. The Bertz CT molecular complexity index is 227. The van der Waals surface area contributed by atoms with E-state index in [9.17, 15) is 0 Å². The van der Waals surface area contributed by atoms with Crippen LogP contribution >= 0.6 is 22.9 Å². The normalized spacial score (nSPS) is 12.1. The molecular weight excluding hydrogens is 343 g/mol. The Hall–Kier alpha value is 0.614. The molecule has 5 heteroatoms. The van der Waals surface area contributed by atoms with E-state index in [0.29, 0.717) is 6.42 Å². The number of nitrogens with zero attached hydrogens (tertiary/aromatic N) is 2. The van der Waals surface area contributed by atoms with Crippen LogP contribution < -0.4 is 0 Å². The molecule has 0 heterocycles. The first-order valence-corrected chi connectivity index (χ1v) is 13.4. The maximum absolute atomic E-state index is 8.53. The van der Waals surface area contributed by atoms with E-state index in [4.69, 9.17) is 5.26 Å². The summed E-state index contributed by atoms with van der Waals surface area (Å²) in [5.74, 6) is 0. The fourth-order valence-electron chi connectivity index (χ4n) is 1.66. The van der Waals surface area contributed by atoms with Crippen LogP contribution in [0.15, 0.2) is 0 Å². The molecule has 0 aromatic heterocycles. The van der Waals surface area contributed by atoms with Crippen molar-refractivity contribution in [1.82, 2.24) is 2.78 Å². The van der Waals surface area contributed by atoms with E-state index in [0.717, 1.165) is 13.0 Å². The molecule has 0 aliphatic carbocycles. The Balaban J connectivity index is 3.86. The van der Waals surface area contributed by atoms with Gasteiger partial charge in [-0.3, -0.25) is 2.78 Å². The van der Waals surface area contributed by atoms with Gasteiger partial charge in [0, 0.05) is 44.6 Å². The summed E-state index contributed by atoms with van der Waals surface area (Å²) in [5, 5.41) is 8.53. The van der Waals surface area contributed by atoms with E-state index in [2.05, 4.69) is 57.9 Å². The Morgan fingerprint density at radius 2 is 1.94 bits per heavy atom. The summed E-state index contributed by atoms with van der Waals surface area (Å²) >= 11 is 2.48. The number of unbranched alkanes of at least 4 members (excludes halogenated alkanes) is 1. The van der Waals surface area contributed by atoms with Gasteiger partial charge in [-0.25, -0.2) is 0 Å². The van der Waals surface area contributed by atoms with E-state index in [1.807, 2.05) is 0 Å². The van der Waals surface area contributed by atoms with Gasteiger partial charge >= 0.3 is 0 Å². The summed E-state index contributed by atoms with van der Waals surface area (Å²) in [7, 11) is -1.55. The first kappa shape index (κ1) is 16.6. The maximum atomic E-state index is 8.53. The summed E-state index contributed by atoms with van der Waals surface area (Å²) < 4.78 is 2.52. The summed E-state index contributed by atoms with van der Waals surface area (Å²) in [4.78, 5) is 0. The molecule has 0 bridgehead atoms. The standard InChI is InChI=1S/C11H25IN2Si2/c1-15(2)10-7-11-16(3,4)14(12)9-6-5-8-13/h15H,5-7,9-11H2,1-4H3. The molecule has 0 radical (unpaired) electrons. The van der Waals surface area contributed by atoms with Gasteiger partial charge in [-0.2, -0.15) is 5.26 Å². The fraction of sp³-hybridized carbons (Fsp3) is 0.909. The second-order valence-electron chi connectivity index (χ2n) is 5.45. The van der Waals surface area contributed by atoms with Crippen molar-refractivity contribution in [1.29, 1.82) is 5.26 Å². The second-order valence-corrected chi connectivity index (χ2v) is 15.6. The zero-order valence-corrected chi connectivity index (χ0v) is 15.4. The van der Waals surface area contributed by atoms with Crippen molar-refractivity contribution in [3.05, 3.63) is 0 Å². The van der Waals surface area contributed by atoms with Crippen molar-refractivity contribution in [2.45, 2.75) is 57.5 Å². The lowest BCUT2D eigenvalue weighted by Gasteiger charge is -2.31. The molecule has 0 aromatic rings. The minimum Gasteiger partial charge on any atom is -0.269 e. The molecule has 0 rings (SSSR count). The Morgan fingerprint density at radius 3 is 2.44 bits per heavy atom. The second kappa shape index (κ2) is 8.67. The quantitative estimate of drug-likeness (QED) is 0.280. The Morgan fingerprint density at radius 1 is 1.31 bits per heavy atom. The summed E-state index contributed by atoms with van der Waals surface area (Å²) in [6.45, 7) is 10.9. The highest BCUT2D eigenvalue weighted by Gasteiger charge is 2.26. The lowest BCUT2D eigenvalue weighted by atomic mass is 10.3. The van der Waals surface area contributed by atoms with Crippen molar-refractivity contribution in [3.8, 4) is 6.07 Å². The molecule has 0 N–H and O–H groups in total. The van der Waals surface area contributed by atoms with E-state index in [-0.39, 0.29) is 8.80 Å². The Labute approximate surface area is 118 Å². The summed E-state index contributed by atoms with van der Waals surface area (Å²) in [6, 6.07) is 5.12. The number of nitriles is 1. The van der Waals surface area contributed by atoms with Crippen molar-refractivity contribution >= 4 is 39.9 Å². The van der Waals surface area contributed by atoms with Crippen molar-refractivity contribution in [2.24, 2.45) is 0 Å². The smallest absolute Gasteiger partial charge is 0.133 e. The molecule has 0 saturated carbocycles. The SMILES string of the molecule is C[SiH](C)CCC[Si](C)(C)N(I)CCCC#N. The molecule has 0 unspecified atom stereocenters. The number of hydrogen-bond acceptors (Lipinski definition) is 2. The van der Waals surface area contributed by atoms with Crippen LogP contribution in [0, 0.1) is 11.3 Å². The molecule has 0 amide bonds. The molecule has 0 spiro atoms. The van der Waals surface area contributed by atoms with E-state index in [1.165, 1.54) is 18.5 Å². The van der Waals surface area contributed by atoms with Gasteiger partial charge in [-0.05, 0) is 12.5 Å². The summed E-state index contributed by atoms with van der Waals surface area (Å²) in [5.41, 5.74) is 0. The van der Waals surface area contributed by atoms with Gasteiger partial charge in [0.1, 0.15) is 8.24 Å². The van der Waals surface area contributed by atoms with Crippen LogP contribution in [-0.2, 0) is 0 Å². The summed E-state index contributed by atoms with van der Waals surface area (Å²) in [6.07, 6.45) is 3.14. The van der Waals surface area contributed by atoms with Crippen molar-refractivity contribution in [3.63, 3.8) is 0 Å². The average molecular weight is 368 g/mol. The van der Waals surface area contributed by atoms with Gasteiger partial charge in [0.05, 0.1) is 6.07 Å². The average Bonchev–Trinajstić information content (AvgIpc) is 2.17. The third-order valence-electron chi connectivity index (χ3n) is 2.87. The molecule has 0 saturated heterocycles. The van der Waals surface area contributed by atoms with Gasteiger partial charge in [0.25, 0.3) is 0 Å². The fourth-order valence-corrected chi connectivity index (χ4v) is 6.23. The minimum absolute atomic E-state index is 0.361. The molecule has 0 atom stereocenters. The lowest BCUT2D eigenvalue weighted by Crippen LogP contribution is -2.42. The van der Waals surface area contributed by atoms with Crippen LogP contribution in [0.2, 0.25) is 38.3 Å². The van der Waals surface area contributed by atoms with Gasteiger partial charge in [-0.15, -0.1) is 0 Å². The van der Waals surface area contributed by atoms with Crippen LogP contribution in [0.5, 0.6) is 0 Å². The zero-order valence-electron chi connectivity index (χ0n) is 11.1. The zero-order chi connectivity index (χ0) is 12.6. The predicted molar refractivity (Wildman–Crippen MR) is 86.2 cm³/mol. The number of halogens is 1. The molecule has 0 aliphatic rings. The van der Waals surface area contributed by atoms with Gasteiger partial charge in [0.15, 0.2) is 0 Å². The third-order valence-corrected chi connectivity index (χ3v) is 11.9. The van der Waals surface area contributed by atoms with Crippen LogP contribution in [0.25, 0.3) is 0 Å². The van der Waals surface area contributed by atoms with Crippen molar-refractivity contribution < 1.29 is 0 Å². The highest BCUT2D eigenvalue weighted by atomic mass is 127. The first-order chi connectivity index (χ1) is 7.40. The molecule has 0 fully saturated rings. The van der Waals surface area contributed by atoms with Crippen LogP contribution in [0.4, 0.5) is 0 Å². The first-order valence-electron chi connectivity index (χ1n) is 6.20. The van der Waals surface area contributed by atoms with Crippen LogP contribution in [0.1, 0.15) is 19.3 Å². The van der Waals surface area contributed by atoms with Crippen molar-refractivity contribution in [2.75, 3.05) is 6.54 Å². The van der Waals surface area contributed by atoms with Gasteiger partial charge in [0.2, 0.25) is 0 Å². The molecule has 94 valence electrons. The lowest BCUT2D eigenvalue weighted by molar-refractivity contribution is 0.660. The van der Waals surface area contributed by atoms with Crippen LogP contribution in [-0.4, -0.2) is 26.4 Å².